The molecule has 0 rings (SSSR count). The molecular weight excluding hydrogens is 256 g/mol. The average Bonchev–Trinajstić information content (AvgIpc) is 2.41. The quantitative estimate of drug-likeness (QED) is 0.581. The third-order valence-electron chi connectivity index (χ3n) is 4.62. The van der Waals surface area contributed by atoms with Crippen LogP contribution in [0.15, 0.2) is 0 Å². The van der Waals surface area contributed by atoms with Crippen molar-refractivity contribution in [1.29, 1.82) is 0 Å². The van der Waals surface area contributed by atoms with Gasteiger partial charge in [-0.25, -0.2) is 0 Å². The minimum atomic E-state index is 0.210. The van der Waals surface area contributed by atoms with Gasteiger partial charge in [-0.2, -0.15) is 0 Å². The second kappa shape index (κ2) is 9.84. The van der Waals surface area contributed by atoms with E-state index >= 15 is 0 Å². The Balaban J connectivity index is 4.68. The van der Waals surface area contributed by atoms with E-state index < -0.39 is 0 Å². The van der Waals surface area contributed by atoms with Crippen LogP contribution in [0.25, 0.3) is 0 Å². The van der Waals surface area contributed by atoms with Gasteiger partial charge < -0.3 is 10.2 Å². The molecule has 2 nitrogen and oxygen atoms in total. The summed E-state index contributed by atoms with van der Waals surface area (Å²) in [6, 6.07) is 0. The van der Waals surface area contributed by atoms with E-state index in [1.807, 2.05) is 0 Å². The predicted molar refractivity (Wildman–Crippen MR) is 97.0 cm³/mol. The van der Waals surface area contributed by atoms with Crippen molar-refractivity contribution < 1.29 is 0 Å². The Kier molecular flexibility index (Phi) is 9.80. The fraction of sp³-hybridized carbons (Fsp3) is 1.00. The maximum Gasteiger partial charge on any atom is 0.00967 e. The Morgan fingerprint density at radius 3 is 1.90 bits per heavy atom. The van der Waals surface area contributed by atoms with Crippen LogP contribution in [0.3, 0.4) is 0 Å². The van der Waals surface area contributed by atoms with E-state index in [1.54, 1.807) is 0 Å². The molecule has 0 aromatic carbocycles. The zero-order chi connectivity index (χ0) is 16.5. The lowest BCUT2D eigenvalue weighted by atomic mass is 9.83. The van der Waals surface area contributed by atoms with Crippen LogP contribution in [0.5, 0.6) is 0 Å². The third kappa shape index (κ3) is 9.52. The first-order valence-corrected chi connectivity index (χ1v) is 9.17. The Hall–Kier alpha value is -0.0800. The molecule has 0 bridgehead atoms. The topological polar surface area (TPSA) is 15.3 Å². The van der Waals surface area contributed by atoms with Crippen molar-refractivity contribution >= 4 is 0 Å². The molecule has 1 N–H and O–H groups in total. The predicted octanol–water partition coefficient (Wildman–Crippen LogP) is 4.94. The Morgan fingerprint density at radius 1 is 0.952 bits per heavy atom. The highest BCUT2D eigenvalue weighted by Gasteiger charge is 2.28. The lowest BCUT2D eigenvalue weighted by Crippen LogP contribution is -2.48. The van der Waals surface area contributed by atoms with Gasteiger partial charge in [-0.05, 0) is 45.1 Å². The normalized spacial score (nSPS) is 15.7. The van der Waals surface area contributed by atoms with E-state index in [1.165, 1.54) is 45.3 Å². The molecule has 0 aliphatic carbocycles. The molecular formula is C19H42N2. The zero-order valence-corrected chi connectivity index (χ0v) is 16.2. The maximum absolute atomic E-state index is 3.73. The first kappa shape index (κ1) is 20.9. The summed E-state index contributed by atoms with van der Waals surface area (Å²) >= 11 is 0. The Bertz CT molecular complexity index is 253. The molecule has 0 radical (unpaired) electrons. The molecule has 0 saturated carbocycles. The van der Waals surface area contributed by atoms with Crippen molar-refractivity contribution in [2.75, 3.05) is 26.2 Å². The molecule has 0 aromatic rings. The second-order valence-corrected chi connectivity index (χ2v) is 8.17. The third-order valence-corrected chi connectivity index (χ3v) is 4.62. The molecule has 21 heavy (non-hydrogen) atoms. The van der Waals surface area contributed by atoms with E-state index in [2.05, 4.69) is 65.6 Å². The summed E-state index contributed by atoms with van der Waals surface area (Å²) in [4.78, 5) is 2.68. The Morgan fingerprint density at radius 2 is 1.52 bits per heavy atom. The van der Waals surface area contributed by atoms with Gasteiger partial charge in [-0.15, -0.1) is 0 Å². The van der Waals surface area contributed by atoms with Gasteiger partial charge in [0.25, 0.3) is 0 Å². The van der Waals surface area contributed by atoms with Crippen LogP contribution in [-0.2, 0) is 0 Å². The molecule has 0 aromatic heterocycles. The first-order chi connectivity index (χ1) is 9.69. The van der Waals surface area contributed by atoms with Crippen LogP contribution < -0.4 is 5.32 Å². The molecule has 0 fully saturated rings. The molecule has 128 valence electrons. The molecule has 1 atom stereocenters. The fourth-order valence-corrected chi connectivity index (χ4v) is 3.06. The minimum absolute atomic E-state index is 0.210. The standard InChI is InChI=1S/C19H42N2/c1-9-13-19(8,15-20-18(5,6)7)16-21(12-4)14-17(10-2)11-3/h17,20H,9-16H2,1-8H3. The molecule has 0 aliphatic rings. The van der Waals surface area contributed by atoms with Gasteiger partial charge in [-0.3, -0.25) is 0 Å². The molecule has 2 heteroatoms. The highest BCUT2D eigenvalue weighted by Crippen LogP contribution is 2.26. The average molecular weight is 299 g/mol. The van der Waals surface area contributed by atoms with Gasteiger partial charge in [0.2, 0.25) is 0 Å². The van der Waals surface area contributed by atoms with Crippen molar-refractivity contribution in [3.8, 4) is 0 Å². The van der Waals surface area contributed by atoms with Gasteiger partial charge in [0, 0.05) is 25.2 Å². The summed E-state index contributed by atoms with van der Waals surface area (Å²) in [6.07, 6.45) is 5.18. The van der Waals surface area contributed by atoms with E-state index in [0.29, 0.717) is 5.41 Å². The van der Waals surface area contributed by atoms with Crippen LogP contribution >= 0.6 is 0 Å². The smallest absolute Gasteiger partial charge is 0.00967 e. The largest absolute Gasteiger partial charge is 0.311 e. The van der Waals surface area contributed by atoms with E-state index in [-0.39, 0.29) is 5.54 Å². The monoisotopic (exact) mass is 298 g/mol. The van der Waals surface area contributed by atoms with Gasteiger partial charge >= 0.3 is 0 Å². The van der Waals surface area contributed by atoms with Crippen molar-refractivity contribution in [2.45, 2.75) is 86.6 Å². The molecule has 0 amide bonds. The molecule has 0 saturated heterocycles. The van der Waals surface area contributed by atoms with Crippen molar-refractivity contribution in [2.24, 2.45) is 11.3 Å². The molecule has 0 aliphatic heterocycles. The number of hydrogen-bond acceptors (Lipinski definition) is 2. The summed E-state index contributed by atoms with van der Waals surface area (Å²) in [6.45, 7) is 23.3. The number of nitrogens with one attached hydrogen (secondary N) is 1. The number of nitrogens with zero attached hydrogens (tertiary/aromatic N) is 1. The van der Waals surface area contributed by atoms with Gasteiger partial charge in [0.15, 0.2) is 0 Å². The Labute approximate surface area is 135 Å². The van der Waals surface area contributed by atoms with Crippen molar-refractivity contribution in [1.82, 2.24) is 10.2 Å². The summed E-state index contributed by atoms with van der Waals surface area (Å²) in [5.74, 6) is 0.853. The summed E-state index contributed by atoms with van der Waals surface area (Å²) in [5.41, 5.74) is 0.589. The zero-order valence-electron chi connectivity index (χ0n) is 16.2. The summed E-state index contributed by atoms with van der Waals surface area (Å²) < 4.78 is 0. The van der Waals surface area contributed by atoms with E-state index in [4.69, 9.17) is 0 Å². The molecule has 0 spiro atoms. The van der Waals surface area contributed by atoms with E-state index in [0.717, 1.165) is 12.5 Å². The first-order valence-electron chi connectivity index (χ1n) is 9.17. The van der Waals surface area contributed by atoms with Crippen molar-refractivity contribution in [3.05, 3.63) is 0 Å². The van der Waals surface area contributed by atoms with Crippen LogP contribution in [0.1, 0.15) is 81.1 Å². The van der Waals surface area contributed by atoms with Crippen LogP contribution in [0.2, 0.25) is 0 Å². The highest BCUT2D eigenvalue weighted by atomic mass is 15.1. The molecule has 0 heterocycles. The van der Waals surface area contributed by atoms with Gasteiger partial charge in [0.1, 0.15) is 0 Å². The summed E-state index contributed by atoms with van der Waals surface area (Å²) in [7, 11) is 0. The van der Waals surface area contributed by atoms with Gasteiger partial charge in [0.05, 0.1) is 0 Å². The summed E-state index contributed by atoms with van der Waals surface area (Å²) in [5, 5.41) is 3.73. The van der Waals surface area contributed by atoms with Gasteiger partial charge in [-0.1, -0.05) is 53.9 Å². The SMILES string of the molecule is CCCC(C)(CNC(C)(C)C)CN(CC)CC(CC)CC. The highest BCUT2D eigenvalue weighted by molar-refractivity contribution is 4.84. The number of hydrogen-bond donors (Lipinski definition) is 1. The number of rotatable bonds is 11. The second-order valence-electron chi connectivity index (χ2n) is 8.17. The molecule has 1 unspecified atom stereocenters. The van der Waals surface area contributed by atoms with E-state index in [9.17, 15) is 0 Å². The van der Waals surface area contributed by atoms with Crippen LogP contribution in [-0.4, -0.2) is 36.6 Å². The van der Waals surface area contributed by atoms with Crippen LogP contribution in [0.4, 0.5) is 0 Å². The maximum atomic E-state index is 3.73. The van der Waals surface area contributed by atoms with Crippen LogP contribution in [0, 0.1) is 11.3 Å². The minimum Gasteiger partial charge on any atom is -0.311 e. The lowest BCUT2D eigenvalue weighted by Gasteiger charge is -2.38. The lowest BCUT2D eigenvalue weighted by molar-refractivity contribution is 0.128. The van der Waals surface area contributed by atoms with Crippen molar-refractivity contribution in [3.63, 3.8) is 0 Å². The fourth-order valence-electron chi connectivity index (χ4n) is 3.06.